The van der Waals surface area contributed by atoms with Crippen LogP contribution in [0.2, 0.25) is 0 Å². The number of ether oxygens (including phenoxy) is 2. The van der Waals surface area contributed by atoms with E-state index in [1.807, 2.05) is 0 Å². The minimum atomic E-state index is -0.463. The zero-order valence-corrected chi connectivity index (χ0v) is 16.7. The largest absolute Gasteiger partial charge is 0.394 e. The molecule has 0 aromatic carbocycles. The predicted octanol–water partition coefficient (Wildman–Crippen LogP) is 0.182. The summed E-state index contributed by atoms with van der Waals surface area (Å²) in [4.78, 5) is 26.7. The zero-order valence-electron chi connectivity index (χ0n) is 16.7. The van der Waals surface area contributed by atoms with Crippen molar-refractivity contribution in [3.8, 4) is 0 Å². The van der Waals surface area contributed by atoms with E-state index < -0.39 is 6.10 Å². The first-order valence-corrected chi connectivity index (χ1v) is 10.8. The van der Waals surface area contributed by atoms with Gasteiger partial charge in [0.05, 0.1) is 44.9 Å². The van der Waals surface area contributed by atoms with Crippen LogP contribution < -0.4 is 10.6 Å². The van der Waals surface area contributed by atoms with E-state index in [-0.39, 0.29) is 30.6 Å². The fraction of sp³-hybridized carbons (Fsp3) is 0.900. The van der Waals surface area contributed by atoms with Gasteiger partial charge in [0, 0.05) is 19.1 Å². The van der Waals surface area contributed by atoms with Crippen LogP contribution >= 0.6 is 0 Å². The van der Waals surface area contributed by atoms with Gasteiger partial charge in [-0.3, -0.25) is 14.5 Å². The van der Waals surface area contributed by atoms with Crippen molar-refractivity contribution in [2.45, 2.75) is 75.7 Å². The highest BCUT2D eigenvalue weighted by atomic mass is 16.5. The van der Waals surface area contributed by atoms with Crippen LogP contribution in [0.15, 0.2) is 0 Å². The van der Waals surface area contributed by atoms with Gasteiger partial charge in [-0.1, -0.05) is 19.3 Å². The molecule has 0 bridgehead atoms. The maximum atomic E-state index is 12.3. The summed E-state index contributed by atoms with van der Waals surface area (Å²) in [5.41, 5.74) is 0. The van der Waals surface area contributed by atoms with Gasteiger partial charge >= 0.3 is 0 Å². The molecule has 3 fully saturated rings. The molecule has 3 N–H and O–H groups in total. The van der Waals surface area contributed by atoms with Gasteiger partial charge in [-0.25, -0.2) is 0 Å². The quantitative estimate of drug-likeness (QED) is 0.567. The van der Waals surface area contributed by atoms with Crippen LogP contribution in [0.4, 0.5) is 0 Å². The van der Waals surface area contributed by atoms with Gasteiger partial charge in [-0.05, 0) is 25.7 Å². The molecular formula is C20H35N3O5. The third-order valence-corrected chi connectivity index (χ3v) is 6.00. The fourth-order valence-corrected chi connectivity index (χ4v) is 4.40. The maximum absolute atomic E-state index is 12.3. The number of hydrogen-bond acceptors (Lipinski definition) is 6. The third-order valence-electron chi connectivity index (χ3n) is 6.00. The number of rotatable bonds is 7. The van der Waals surface area contributed by atoms with Crippen LogP contribution in [-0.4, -0.2) is 85.6 Å². The van der Waals surface area contributed by atoms with Gasteiger partial charge in [0.2, 0.25) is 11.8 Å². The number of aliphatic hydroxyl groups excluding tert-OH is 1. The van der Waals surface area contributed by atoms with E-state index in [1.165, 1.54) is 19.3 Å². The summed E-state index contributed by atoms with van der Waals surface area (Å²) >= 11 is 0. The first-order valence-electron chi connectivity index (χ1n) is 10.8. The Morgan fingerprint density at radius 3 is 2.43 bits per heavy atom. The second-order valence-electron chi connectivity index (χ2n) is 8.23. The van der Waals surface area contributed by atoms with Crippen LogP contribution in [0.25, 0.3) is 0 Å². The number of nitrogens with one attached hydrogen (secondary N) is 2. The molecule has 160 valence electrons. The molecule has 0 unspecified atom stereocenters. The average molecular weight is 398 g/mol. The average Bonchev–Trinajstić information content (AvgIpc) is 2.70. The highest BCUT2D eigenvalue weighted by molar-refractivity contribution is 5.78. The molecule has 2 amide bonds. The van der Waals surface area contributed by atoms with Crippen molar-refractivity contribution >= 4 is 11.8 Å². The zero-order chi connectivity index (χ0) is 19.8. The van der Waals surface area contributed by atoms with E-state index in [1.54, 1.807) is 0 Å². The normalized spacial score (nSPS) is 30.0. The number of carbonyl (C=O) groups excluding carboxylic acids is 2. The summed E-state index contributed by atoms with van der Waals surface area (Å²) in [5.74, 6) is -0.0224. The molecule has 1 saturated carbocycles. The Morgan fingerprint density at radius 2 is 1.71 bits per heavy atom. The summed E-state index contributed by atoms with van der Waals surface area (Å²) in [6.07, 6.45) is 6.83. The predicted molar refractivity (Wildman–Crippen MR) is 104 cm³/mol. The summed E-state index contributed by atoms with van der Waals surface area (Å²) in [6.45, 7) is 3.01. The van der Waals surface area contributed by atoms with E-state index in [0.717, 1.165) is 25.9 Å². The number of nitrogens with zero attached hydrogens (tertiary/aromatic N) is 1. The van der Waals surface area contributed by atoms with Crippen LogP contribution in [0.1, 0.15) is 51.4 Å². The van der Waals surface area contributed by atoms with Crippen molar-refractivity contribution in [2.24, 2.45) is 0 Å². The first-order chi connectivity index (χ1) is 13.6. The van der Waals surface area contributed by atoms with Crippen molar-refractivity contribution in [2.75, 3.05) is 39.5 Å². The van der Waals surface area contributed by atoms with Gasteiger partial charge < -0.3 is 25.2 Å². The van der Waals surface area contributed by atoms with E-state index in [4.69, 9.17) is 9.47 Å². The Labute approximate surface area is 167 Å². The number of carbonyl (C=O) groups is 2. The molecule has 28 heavy (non-hydrogen) atoms. The van der Waals surface area contributed by atoms with E-state index in [2.05, 4.69) is 15.5 Å². The third kappa shape index (κ3) is 6.69. The van der Waals surface area contributed by atoms with Crippen molar-refractivity contribution in [1.29, 1.82) is 0 Å². The smallest absolute Gasteiger partial charge is 0.234 e. The number of morpholine rings is 1. The lowest BCUT2D eigenvalue weighted by Crippen LogP contribution is -2.54. The van der Waals surface area contributed by atoms with Gasteiger partial charge in [0.15, 0.2) is 0 Å². The minimum Gasteiger partial charge on any atom is -0.394 e. The second kappa shape index (κ2) is 11.1. The number of amides is 2. The molecule has 3 atom stereocenters. The lowest BCUT2D eigenvalue weighted by molar-refractivity contribution is -0.137. The first kappa shape index (κ1) is 21.5. The standard InChI is InChI=1S/C20H35N3O5/c24-14-18-17(22-20(26)13-23-8-10-27-11-9-23)7-6-16(28-18)12-19(25)21-15-4-2-1-3-5-15/h15-18,24H,1-14H2,(H,21,25)(H,22,26)/t16-,17-,18+/m0/s1. The van der Waals surface area contributed by atoms with Crippen molar-refractivity contribution < 1.29 is 24.2 Å². The minimum absolute atomic E-state index is 0.0309. The van der Waals surface area contributed by atoms with E-state index >= 15 is 0 Å². The Balaban J connectivity index is 1.39. The van der Waals surface area contributed by atoms with Gasteiger partial charge in [-0.15, -0.1) is 0 Å². The molecule has 2 aliphatic heterocycles. The second-order valence-corrected chi connectivity index (χ2v) is 8.23. The van der Waals surface area contributed by atoms with Gasteiger partial charge in [-0.2, -0.15) is 0 Å². The highest BCUT2D eigenvalue weighted by Gasteiger charge is 2.33. The Morgan fingerprint density at radius 1 is 0.964 bits per heavy atom. The fourth-order valence-electron chi connectivity index (χ4n) is 4.40. The van der Waals surface area contributed by atoms with Crippen LogP contribution in [0, 0.1) is 0 Å². The van der Waals surface area contributed by atoms with Crippen molar-refractivity contribution in [3.63, 3.8) is 0 Å². The highest BCUT2D eigenvalue weighted by Crippen LogP contribution is 2.23. The molecule has 1 aliphatic carbocycles. The van der Waals surface area contributed by atoms with Gasteiger partial charge in [0.1, 0.15) is 6.10 Å². The summed E-state index contributed by atoms with van der Waals surface area (Å²) in [5, 5.41) is 15.8. The molecule has 2 saturated heterocycles. The molecule has 3 aliphatic rings. The molecule has 8 nitrogen and oxygen atoms in total. The molecule has 2 heterocycles. The number of aliphatic hydroxyl groups is 1. The van der Waals surface area contributed by atoms with Gasteiger partial charge in [0.25, 0.3) is 0 Å². The molecule has 8 heteroatoms. The topological polar surface area (TPSA) is 100 Å². The number of hydrogen-bond donors (Lipinski definition) is 3. The van der Waals surface area contributed by atoms with Crippen LogP contribution in [0.5, 0.6) is 0 Å². The molecule has 0 radical (unpaired) electrons. The molecule has 0 spiro atoms. The molecule has 0 aromatic heterocycles. The molecular weight excluding hydrogens is 362 g/mol. The monoisotopic (exact) mass is 397 g/mol. The Hall–Kier alpha value is -1.22. The van der Waals surface area contributed by atoms with Crippen LogP contribution in [-0.2, 0) is 19.1 Å². The lowest BCUT2D eigenvalue weighted by Gasteiger charge is -2.36. The molecule has 3 rings (SSSR count). The SMILES string of the molecule is O=C(C[C@@H]1CC[C@H](NC(=O)CN2CCOCC2)[C@@H](CO)O1)NC1CCCCC1. The van der Waals surface area contributed by atoms with Crippen molar-refractivity contribution in [1.82, 2.24) is 15.5 Å². The Kier molecular flexibility index (Phi) is 8.51. The summed E-state index contributed by atoms with van der Waals surface area (Å²) in [7, 11) is 0. The van der Waals surface area contributed by atoms with Crippen molar-refractivity contribution in [3.05, 3.63) is 0 Å². The summed E-state index contributed by atoms with van der Waals surface area (Å²) in [6, 6.07) is 0.0851. The lowest BCUT2D eigenvalue weighted by atomic mass is 9.94. The van der Waals surface area contributed by atoms with Crippen LogP contribution in [0.3, 0.4) is 0 Å². The Bertz CT molecular complexity index is 506. The maximum Gasteiger partial charge on any atom is 0.234 e. The van der Waals surface area contributed by atoms with E-state index in [9.17, 15) is 14.7 Å². The summed E-state index contributed by atoms with van der Waals surface area (Å²) < 4.78 is 11.2. The molecule has 0 aromatic rings. The van der Waals surface area contributed by atoms with E-state index in [0.29, 0.717) is 45.1 Å².